The van der Waals surface area contributed by atoms with Crippen molar-refractivity contribution in [2.45, 2.75) is 109 Å². The zero-order valence-electron chi connectivity index (χ0n) is 38.3. The number of carboxylic acid groups (broad SMARTS) is 1. The van der Waals surface area contributed by atoms with Crippen molar-refractivity contribution in [2.24, 2.45) is 34.0 Å². The molecule has 67 heavy (non-hydrogen) atoms. The number of aliphatic carboxylic acids is 1. The maximum atomic E-state index is 13.7. The molecule has 0 aromatic carbocycles. The minimum Gasteiger partial charge on any atom is -0.480 e. The molecule has 0 fully saturated rings. The van der Waals surface area contributed by atoms with Crippen LogP contribution in [0.1, 0.15) is 60.8 Å². The van der Waals surface area contributed by atoms with Crippen molar-refractivity contribution in [1.82, 2.24) is 53.2 Å². The Labute approximate surface area is 386 Å². The Kier molecular flexibility index (Phi) is 28.1. The van der Waals surface area contributed by atoms with Gasteiger partial charge in [-0.1, -0.05) is 27.7 Å². The lowest BCUT2D eigenvalue weighted by atomic mass is 9.99. The van der Waals surface area contributed by atoms with E-state index < -0.39 is 159 Å². The number of carbonyl (C=O) groups excluding carboxylic acids is 10. The van der Waals surface area contributed by atoms with Gasteiger partial charge >= 0.3 is 5.97 Å². The molecule has 0 saturated carbocycles. The minimum atomic E-state index is -1.73. The molecule has 380 valence electrons. The van der Waals surface area contributed by atoms with E-state index in [-0.39, 0.29) is 37.7 Å². The Balaban J connectivity index is 5.88. The van der Waals surface area contributed by atoms with Crippen LogP contribution in [0, 0.1) is 11.8 Å². The van der Waals surface area contributed by atoms with Crippen LogP contribution in [-0.2, 0) is 52.7 Å². The zero-order valence-corrected chi connectivity index (χ0v) is 38.3. The lowest BCUT2D eigenvalue weighted by Gasteiger charge is -2.28. The Hall–Kier alpha value is -6.72. The molecule has 0 aliphatic heterocycles. The number of rotatable bonds is 31. The Morgan fingerprint density at radius 2 is 0.955 bits per heavy atom. The molecule has 0 aromatic rings. The topological polar surface area (TPSA) is 479 Å². The van der Waals surface area contributed by atoms with E-state index in [0.29, 0.717) is 0 Å². The number of aliphatic hydroxyl groups excluding tert-OH is 3. The van der Waals surface area contributed by atoms with Gasteiger partial charge in [0.1, 0.15) is 54.9 Å². The van der Waals surface area contributed by atoms with Crippen LogP contribution < -0.4 is 70.4 Å². The predicted octanol–water partition coefficient (Wildman–Crippen LogP) is -9.09. The largest absolute Gasteiger partial charge is 0.480 e. The van der Waals surface area contributed by atoms with E-state index >= 15 is 0 Å². The van der Waals surface area contributed by atoms with Crippen LogP contribution in [0.3, 0.4) is 0 Å². The van der Waals surface area contributed by atoms with Gasteiger partial charge in [-0.2, -0.15) is 0 Å². The highest BCUT2D eigenvalue weighted by atomic mass is 16.4. The van der Waals surface area contributed by atoms with Crippen LogP contribution in [0.15, 0.2) is 4.99 Å². The monoisotopic (exact) mass is 960 g/mol. The highest BCUT2D eigenvalue weighted by Gasteiger charge is 2.35. The van der Waals surface area contributed by atoms with Gasteiger partial charge in [-0.3, -0.25) is 57.7 Å². The molecule has 0 unspecified atom stereocenters. The minimum absolute atomic E-state index is 0.0210. The van der Waals surface area contributed by atoms with Crippen LogP contribution in [0.5, 0.6) is 0 Å². The summed E-state index contributed by atoms with van der Waals surface area (Å²) in [5.41, 5.74) is 16.0. The summed E-state index contributed by atoms with van der Waals surface area (Å²) >= 11 is 0. The van der Waals surface area contributed by atoms with E-state index in [1.807, 2.05) is 5.32 Å². The fourth-order valence-electron chi connectivity index (χ4n) is 5.52. The molecule has 0 aliphatic carbocycles. The number of nitrogens with two attached hydrogens (primary N) is 3. The van der Waals surface area contributed by atoms with Crippen molar-refractivity contribution < 1.29 is 73.2 Å². The molecule has 0 heterocycles. The zero-order chi connectivity index (χ0) is 51.6. The number of aliphatic hydroxyl groups is 3. The molecule has 0 aromatic heterocycles. The Morgan fingerprint density at radius 1 is 0.507 bits per heavy atom. The number of amides is 10. The summed E-state index contributed by atoms with van der Waals surface area (Å²) in [6.07, 6.45) is 0.137. The number of hydrogen-bond acceptors (Lipinski definition) is 16. The number of aliphatic imine (C=N–C) groups is 1. The van der Waals surface area contributed by atoms with E-state index in [0.717, 1.165) is 0 Å². The van der Waals surface area contributed by atoms with Gasteiger partial charge in [0.05, 0.1) is 32.9 Å². The first-order valence-corrected chi connectivity index (χ1v) is 21.1. The summed E-state index contributed by atoms with van der Waals surface area (Å²) < 4.78 is 0. The first kappa shape index (κ1) is 60.3. The first-order valence-electron chi connectivity index (χ1n) is 21.1. The molecule has 0 bridgehead atoms. The van der Waals surface area contributed by atoms with Crippen LogP contribution in [0.2, 0.25) is 0 Å². The van der Waals surface area contributed by atoms with Crippen molar-refractivity contribution in [3.05, 3.63) is 0 Å². The predicted molar refractivity (Wildman–Crippen MR) is 235 cm³/mol. The summed E-state index contributed by atoms with van der Waals surface area (Å²) in [6.45, 7) is 4.32. The second-order valence-electron chi connectivity index (χ2n) is 15.8. The second-order valence-corrected chi connectivity index (χ2v) is 15.8. The highest BCUT2D eigenvalue weighted by Crippen LogP contribution is 2.09. The SMILES string of the molecule is CC(C)C[C@H](NC(=O)[C@@H](NC(=O)[C@H](CO)NC(=O)[C@H](C)NC(=O)[C@H](CCCN=C(N)N)NC(=O)[C@H](C)NC(=O)CN)C(C)C)C(=O)N[C@@H](CO)C(=O)N[C@@H](CO)C(=O)NCC(=O)NCC(=O)O. The smallest absolute Gasteiger partial charge is 0.322 e. The summed E-state index contributed by atoms with van der Waals surface area (Å²) in [5.74, 6) is -11.7. The average Bonchev–Trinajstić information content (AvgIpc) is 3.26. The molecule has 8 atom stereocenters. The van der Waals surface area contributed by atoms with E-state index in [4.69, 9.17) is 22.3 Å². The lowest BCUT2D eigenvalue weighted by Crippen LogP contribution is -2.62. The molecule has 29 heteroatoms. The quantitative estimate of drug-likeness (QED) is 0.0174. The van der Waals surface area contributed by atoms with Gasteiger partial charge in [0.15, 0.2) is 5.96 Å². The third kappa shape index (κ3) is 23.9. The van der Waals surface area contributed by atoms with Crippen LogP contribution in [0.4, 0.5) is 0 Å². The summed E-state index contributed by atoms with van der Waals surface area (Å²) in [5, 5.41) is 61.2. The summed E-state index contributed by atoms with van der Waals surface area (Å²) in [4.78, 5) is 143. The van der Waals surface area contributed by atoms with Crippen LogP contribution in [-0.4, -0.2) is 186 Å². The van der Waals surface area contributed by atoms with Gasteiger partial charge in [0.25, 0.3) is 0 Å². The molecule has 0 rings (SSSR count). The fraction of sp³-hybridized carbons (Fsp3) is 0.684. The lowest BCUT2D eigenvalue weighted by molar-refractivity contribution is -0.138. The Bertz CT molecular complexity index is 1760. The van der Waals surface area contributed by atoms with E-state index in [1.54, 1.807) is 13.8 Å². The molecule has 0 radical (unpaired) electrons. The van der Waals surface area contributed by atoms with Gasteiger partial charge in [0, 0.05) is 6.54 Å². The van der Waals surface area contributed by atoms with Crippen LogP contribution in [0.25, 0.3) is 0 Å². The summed E-state index contributed by atoms with van der Waals surface area (Å²) in [7, 11) is 0. The number of guanidine groups is 1. The molecule has 10 amide bonds. The number of nitrogens with zero attached hydrogens (tertiary/aromatic N) is 1. The number of nitrogens with one attached hydrogen (secondary N) is 10. The molecular formula is C38H68N14O15. The standard InChI is InChI=1S/C38H68N14O15/c1-17(2)10-22(34(64)51-24(15-54)35(65)50-23(14-53)32(62)44-12-27(57)43-13-28(58)59)48-37(67)29(18(3)4)52-36(66)25(16-55)49-31(61)20(6)46-33(63)21(8-7-9-42-38(40)41)47-30(60)19(5)45-26(56)11-39/h17-25,29,53-55H,7-16,39H2,1-6H3,(H,43,57)(H,44,62)(H,45,56)(H,46,63)(H,47,60)(H,48,67)(H,49,61)(H,50,65)(H,51,64)(H,52,66)(H,58,59)(H4,40,41,42)/t19-,20-,21-,22-,23-,24-,25-,29-/m0/s1. The fourth-order valence-corrected chi connectivity index (χ4v) is 5.52. The Morgan fingerprint density at radius 3 is 1.43 bits per heavy atom. The number of carboxylic acids is 1. The average molecular weight is 961 g/mol. The normalized spacial score (nSPS) is 14.4. The van der Waals surface area contributed by atoms with Gasteiger partial charge in [-0.25, -0.2) is 0 Å². The van der Waals surface area contributed by atoms with Gasteiger partial charge in [-0.05, 0) is 44.9 Å². The molecular weight excluding hydrogens is 893 g/mol. The van der Waals surface area contributed by atoms with Crippen molar-refractivity contribution in [2.75, 3.05) is 46.0 Å². The van der Waals surface area contributed by atoms with Crippen LogP contribution >= 0.6 is 0 Å². The number of hydrogen-bond donors (Lipinski definition) is 17. The van der Waals surface area contributed by atoms with Crippen molar-refractivity contribution >= 4 is 71.0 Å². The van der Waals surface area contributed by atoms with Gasteiger partial charge in [0.2, 0.25) is 59.1 Å². The first-order chi connectivity index (χ1) is 31.3. The third-order valence-electron chi connectivity index (χ3n) is 9.18. The second kappa shape index (κ2) is 31.2. The van der Waals surface area contributed by atoms with Gasteiger partial charge in [-0.15, -0.1) is 0 Å². The van der Waals surface area contributed by atoms with Gasteiger partial charge < -0.3 is 90.8 Å². The molecule has 20 N–H and O–H groups in total. The summed E-state index contributed by atoms with van der Waals surface area (Å²) in [6, 6.07) is -11.6. The maximum Gasteiger partial charge on any atom is 0.322 e. The van der Waals surface area contributed by atoms with E-state index in [9.17, 15) is 68.1 Å². The van der Waals surface area contributed by atoms with Crippen molar-refractivity contribution in [3.63, 3.8) is 0 Å². The molecule has 0 spiro atoms. The molecule has 0 aliphatic rings. The van der Waals surface area contributed by atoms with E-state index in [1.165, 1.54) is 27.7 Å². The van der Waals surface area contributed by atoms with Crippen molar-refractivity contribution in [1.29, 1.82) is 0 Å². The number of carbonyl (C=O) groups is 11. The highest BCUT2D eigenvalue weighted by molar-refractivity contribution is 5.98. The molecule has 0 saturated heterocycles. The van der Waals surface area contributed by atoms with E-state index in [2.05, 4.69) is 52.8 Å². The maximum absolute atomic E-state index is 13.7. The van der Waals surface area contributed by atoms with Crippen molar-refractivity contribution in [3.8, 4) is 0 Å². The third-order valence-corrected chi connectivity index (χ3v) is 9.18. The molecule has 29 nitrogen and oxygen atoms in total.